The quantitative estimate of drug-likeness (QED) is 0.684. The van der Waals surface area contributed by atoms with Gasteiger partial charge in [0.2, 0.25) is 5.90 Å². The molecule has 66 valence electrons. The zero-order chi connectivity index (χ0) is 9.26. The highest BCUT2D eigenvalue weighted by atomic mass is 35.5. The van der Waals surface area contributed by atoms with Gasteiger partial charge in [-0.3, -0.25) is 4.79 Å². The summed E-state index contributed by atoms with van der Waals surface area (Å²) in [7, 11) is 0. The Bertz CT molecular complexity index is 370. The first kappa shape index (κ1) is 8.26. The van der Waals surface area contributed by atoms with Gasteiger partial charge in [-0.15, -0.1) is 0 Å². The van der Waals surface area contributed by atoms with E-state index in [2.05, 4.69) is 4.99 Å². The molecule has 0 spiro atoms. The van der Waals surface area contributed by atoms with Crippen LogP contribution in [-0.4, -0.2) is 18.4 Å². The number of carbonyl (C=O) groups excluding carboxylic acids is 1. The highest BCUT2D eigenvalue weighted by molar-refractivity contribution is 6.30. The van der Waals surface area contributed by atoms with Crippen LogP contribution in [0.3, 0.4) is 0 Å². The van der Waals surface area contributed by atoms with Crippen LogP contribution < -0.4 is 0 Å². The number of rotatable bonds is 1. The summed E-state index contributed by atoms with van der Waals surface area (Å²) < 4.78 is 5.05. The molecule has 0 atom stereocenters. The van der Waals surface area contributed by atoms with E-state index in [1.54, 1.807) is 24.3 Å². The van der Waals surface area contributed by atoms with Crippen LogP contribution in [0.5, 0.6) is 0 Å². The first-order valence-corrected chi connectivity index (χ1v) is 4.14. The summed E-state index contributed by atoms with van der Waals surface area (Å²) in [5, 5.41) is 0.647. The van der Waals surface area contributed by atoms with E-state index < -0.39 is 0 Å². The van der Waals surface area contributed by atoms with Gasteiger partial charge in [0.1, 0.15) is 0 Å². The van der Waals surface area contributed by atoms with Crippen LogP contribution in [0.25, 0.3) is 0 Å². The van der Waals surface area contributed by atoms with Gasteiger partial charge in [-0.25, -0.2) is 0 Å². The Labute approximate surface area is 80.0 Å². The summed E-state index contributed by atoms with van der Waals surface area (Å²) in [6.45, 7) is 0.0396. The van der Waals surface area contributed by atoms with Crippen LogP contribution >= 0.6 is 11.6 Å². The fourth-order valence-corrected chi connectivity index (χ4v) is 1.17. The summed E-state index contributed by atoms with van der Waals surface area (Å²) in [5.41, 5.74) is 0.773. The number of halogens is 1. The molecule has 0 saturated carbocycles. The molecular formula is C9H6ClNO2. The Morgan fingerprint density at radius 3 is 2.54 bits per heavy atom. The molecule has 0 saturated heterocycles. The molecule has 1 heterocycles. The molecule has 1 amide bonds. The number of benzene rings is 1. The molecule has 0 bridgehead atoms. The maximum atomic E-state index is 10.8. The van der Waals surface area contributed by atoms with Crippen molar-refractivity contribution in [2.75, 3.05) is 6.61 Å². The lowest BCUT2D eigenvalue weighted by Gasteiger charge is -1.99. The minimum Gasteiger partial charge on any atom is -0.467 e. The number of ether oxygens (including phenoxy) is 1. The predicted octanol–water partition coefficient (Wildman–Crippen LogP) is 1.64. The van der Waals surface area contributed by atoms with Crippen molar-refractivity contribution < 1.29 is 9.53 Å². The lowest BCUT2D eigenvalue weighted by Crippen LogP contribution is -2.00. The van der Waals surface area contributed by atoms with Gasteiger partial charge < -0.3 is 4.74 Å². The van der Waals surface area contributed by atoms with Crippen molar-refractivity contribution in [3.05, 3.63) is 34.9 Å². The van der Waals surface area contributed by atoms with E-state index in [0.717, 1.165) is 5.56 Å². The third-order valence-corrected chi connectivity index (χ3v) is 1.90. The molecule has 0 aliphatic carbocycles. The van der Waals surface area contributed by atoms with Crippen LogP contribution in [0.15, 0.2) is 29.3 Å². The van der Waals surface area contributed by atoms with E-state index in [4.69, 9.17) is 16.3 Å². The molecule has 3 nitrogen and oxygen atoms in total. The van der Waals surface area contributed by atoms with E-state index in [1.165, 1.54) is 0 Å². The fourth-order valence-electron chi connectivity index (χ4n) is 1.05. The number of carbonyl (C=O) groups is 1. The summed E-state index contributed by atoms with van der Waals surface area (Å²) in [6.07, 6.45) is 0. The molecule has 1 aliphatic rings. The van der Waals surface area contributed by atoms with Gasteiger partial charge in [0.05, 0.1) is 0 Å². The molecule has 13 heavy (non-hydrogen) atoms. The number of amides is 1. The average Bonchev–Trinajstić information content (AvgIpc) is 2.53. The average molecular weight is 196 g/mol. The summed E-state index contributed by atoms with van der Waals surface area (Å²) in [5.74, 6) is 0.131. The molecule has 0 fully saturated rings. The maximum absolute atomic E-state index is 10.8. The Morgan fingerprint density at radius 2 is 2.00 bits per heavy atom. The van der Waals surface area contributed by atoms with E-state index in [1.807, 2.05) is 0 Å². The van der Waals surface area contributed by atoms with Crippen LogP contribution in [0, 0.1) is 0 Å². The van der Waals surface area contributed by atoms with Gasteiger partial charge in [0.15, 0.2) is 6.61 Å². The molecule has 1 aliphatic heterocycles. The molecule has 0 N–H and O–H groups in total. The highest BCUT2D eigenvalue weighted by Gasteiger charge is 2.16. The first-order valence-electron chi connectivity index (χ1n) is 3.76. The van der Waals surface area contributed by atoms with Gasteiger partial charge in [-0.2, -0.15) is 4.99 Å². The molecule has 0 aromatic heterocycles. The van der Waals surface area contributed by atoms with Crippen molar-refractivity contribution in [1.29, 1.82) is 0 Å². The lowest BCUT2D eigenvalue weighted by molar-refractivity contribution is -0.118. The van der Waals surface area contributed by atoms with Crippen molar-refractivity contribution in [3.63, 3.8) is 0 Å². The standard InChI is InChI=1S/C9H6ClNO2/c10-7-3-1-6(2-4-7)9-11-8(12)5-13-9/h1-4H,5H2. The third kappa shape index (κ3) is 1.70. The second-order valence-electron chi connectivity index (χ2n) is 2.61. The van der Waals surface area contributed by atoms with Crippen molar-refractivity contribution in [1.82, 2.24) is 0 Å². The SMILES string of the molecule is O=C1COC(c2ccc(Cl)cc2)=N1. The molecule has 0 radical (unpaired) electrons. The van der Waals surface area contributed by atoms with Gasteiger partial charge in [0, 0.05) is 10.6 Å². The van der Waals surface area contributed by atoms with Gasteiger partial charge in [0.25, 0.3) is 5.91 Å². The second kappa shape index (κ2) is 3.18. The van der Waals surface area contributed by atoms with E-state index in [9.17, 15) is 4.79 Å². The molecule has 2 rings (SSSR count). The Hall–Kier alpha value is -1.35. The third-order valence-electron chi connectivity index (χ3n) is 1.65. The highest BCUT2D eigenvalue weighted by Crippen LogP contribution is 2.12. The van der Waals surface area contributed by atoms with Crippen molar-refractivity contribution >= 4 is 23.4 Å². The molecule has 0 unspecified atom stereocenters. The lowest BCUT2D eigenvalue weighted by atomic mass is 10.2. The minimum atomic E-state index is -0.245. The Morgan fingerprint density at radius 1 is 1.31 bits per heavy atom. The van der Waals surface area contributed by atoms with Crippen LogP contribution in [0.1, 0.15) is 5.56 Å². The fraction of sp³-hybridized carbons (Fsp3) is 0.111. The van der Waals surface area contributed by atoms with Gasteiger partial charge in [-0.1, -0.05) is 11.6 Å². The Balaban J connectivity index is 2.31. The van der Waals surface area contributed by atoms with E-state index in [-0.39, 0.29) is 12.5 Å². The van der Waals surface area contributed by atoms with Crippen molar-refractivity contribution in [2.24, 2.45) is 4.99 Å². The summed E-state index contributed by atoms with van der Waals surface area (Å²) >= 11 is 5.70. The summed E-state index contributed by atoms with van der Waals surface area (Å²) in [6, 6.07) is 6.98. The van der Waals surface area contributed by atoms with Crippen LogP contribution in [-0.2, 0) is 9.53 Å². The molecule has 1 aromatic rings. The van der Waals surface area contributed by atoms with E-state index in [0.29, 0.717) is 10.9 Å². The first-order chi connectivity index (χ1) is 6.25. The zero-order valence-corrected chi connectivity index (χ0v) is 7.41. The predicted molar refractivity (Wildman–Crippen MR) is 48.9 cm³/mol. The number of hydrogen-bond acceptors (Lipinski definition) is 2. The van der Waals surface area contributed by atoms with Crippen LogP contribution in [0.4, 0.5) is 0 Å². The Kier molecular flexibility index (Phi) is 2.02. The largest absolute Gasteiger partial charge is 0.467 e. The molecule has 1 aromatic carbocycles. The molecular weight excluding hydrogens is 190 g/mol. The number of nitrogens with zero attached hydrogens (tertiary/aromatic N) is 1. The van der Waals surface area contributed by atoms with Crippen molar-refractivity contribution in [3.8, 4) is 0 Å². The number of aliphatic imine (C=N–C) groups is 1. The normalized spacial score (nSPS) is 15.5. The van der Waals surface area contributed by atoms with E-state index >= 15 is 0 Å². The zero-order valence-electron chi connectivity index (χ0n) is 6.66. The smallest absolute Gasteiger partial charge is 0.286 e. The topological polar surface area (TPSA) is 38.7 Å². The van der Waals surface area contributed by atoms with Crippen LogP contribution in [0.2, 0.25) is 5.02 Å². The second-order valence-corrected chi connectivity index (χ2v) is 3.04. The summed E-state index contributed by atoms with van der Waals surface area (Å²) in [4.78, 5) is 14.5. The maximum Gasteiger partial charge on any atom is 0.286 e. The molecule has 4 heteroatoms. The minimum absolute atomic E-state index is 0.0396. The number of hydrogen-bond donors (Lipinski definition) is 0. The van der Waals surface area contributed by atoms with Gasteiger partial charge in [-0.05, 0) is 24.3 Å². The van der Waals surface area contributed by atoms with Gasteiger partial charge >= 0.3 is 0 Å². The van der Waals surface area contributed by atoms with Crippen molar-refractivity contribution in [2.45, 2.75) is 0 Å². The monoisotopic (exact) mass is 195 g/mol.